The third-order valence-corrected chi connectivity index (χ3v) is 16.4. The molecule has 0 radical (unpaired) electrons. The van der Waals surface area contributed by atoms with E-state index in [1.165, 1.54) is 180 Å². The van der Waals surface area contributed by atoms with Crippen LogP contribution in [0.15, 0.2) is 134 Å². The molecule has 0 aromatic heterocycles. The lowest BCUT2D eigenvalue weighted by atomic mass is 10.0. The number of hydrogen-bond donors (Lipinski definition) is 0. The fraction of sp³-hybridized carbons (Fsp3) is 0.702. The lowest BCUT2D eigenvalue weighted by molar-refractivity contribution is -0.870. The van der Waals surface area contributed by atoms with Crippen LogP contribution in [0.4, 0.5) is 0 Å². The Hall–Kier alpha value is -4.57. The zero-order chi connectivity index (χ0) is 67.5. The van der Waals surface area contributed by atoms with Crippen LogP contribution in [0.25, 0.3) is 0 Å². The van der Waals surface area contributed by atoms with Gasteiger partial charge in [-0.15, -0.1) is 0 Å². The second-order valence-corrected chi connectivity index (χ2v) is 26.6. The van der Waals surface area contributed by atoms with E-state index >= 15 is 0 Å². The summed E-state index contributed by atoms with van der Waals surface area (Å²) < 4.78 is 22.8. The van der Waals surface area contributed by atoms with Gasteiger partial charge in [-0.1, -0.05) is 327 Å². The predicted molar refractivity (Wildman–Crippen MR) is 398 cm³/mol. The Balaban J connectivity index is 4.11. The highest BCUT2D eigenvalue weighted by atomic mass is 16.7. The number of quaternary nitrogens is 1. The number of aliphatic carboxylic acids is 1. The molecular weight excluding hydrogens is 1150 g/mol. The van der Waals surface area contributed by atoms with Crippen molar-refractivity contribution in [3.63, 3.8) is 0 Å². The Bertz CT molecular complexity index is 2000. The van der Waals surface area contributed by atoms with Gasteiger partial charge < -0.3 is 33.3 Å². The minimum atomic E-state index is -1.63. The van der Waals surface area contributed by atoms with Gasteiger partial charge in [-0.25, -0.2) is 0 Å². The summed E-state index contributed by atoms with van der Waals surface area (Å²) >= 11 is 0. The highest BCUT2D eigenvalue weighted by Crippen LogP contribution is 2.18. The summed E-state index contributed by atoms with van der Waals surface area (Å²) in [5.41, 5.74) is 0. The number of nitrogens with zero attached hydrogens (tertiary/aromatic N) is 1. The van der Waals surface area contributed by atoms with Crippen molar-refractivity contribution in [3.8, 4) is 0 Å². The standard InChI is InChI=1S/C84H143NO8/c1-6-8-10-12-14-16-18-20-22-24-26-28-30-32-34-36-38-39-40-41-42-43-45-47-49-51-53-55-57-59-61-63-65-67-69-71-73-75-82(87)93-80(79-92-84(83(88)89)90-77-76-85(3,4)5)78-91-81(86)74-72-70-68-66-64-62-60-58-56-54-52-50-48-46-44-37-35-33-31-29-27-25-23-21-19-17-15-13-11-9-7-2/h8,10,14,16,19-22,25-28,32,34,38-39,41-42,45,47,51,53,80,84H,6-7,9,11-13,15,17-18,23-24,29-31,33,35-37,40,43-44,46,48-50,52,54-79H2,1-5H3/b10-8-,16-14-,21-19-,22-20-,27-25-,28-26-,34-32-,39-38-,42-41-,47-45-,53-51-. The number of carboxylic acid groups (broad SMARTS) is 1. The maximum Gasteiger partial charge on any atom is 0.306 e. The zero-order valence-corrected chi connectivity index (χ0v) is 60.8. The van der Waals surface area contributed by atoms with E-state index in [4.69, 9.17) is 18.9 Å². The molecule has 0 N–H and O–H groups in total. The maximum atomic E-state index is 13.0. The zero-order valence-electron chi connectivity index (χ0n) is 60.8. The summed E-state index contributed by atoms with van der Waals surface area (Å²) in [6, 6.07) is 0. The Kier molecular flexibility index (Phi) is 69.6. The third kappa shape index (κ3) is 74.7. The fourth-order valence-corrected chi connectivity index (χ4v) is 10.6. The highest BCUT2D eigenvalue weighted by Gasteiger charge is 2.22. The summed E-state index contributed by atoms with van der Waals surface area (Å²) in [6.07, 6.45) is 103. The van der Waals surface area contributed by atoms with Gasteiger partial charge >= 0.3 is 11.9 Å². The lowest BCUT2D eigenvalue weighted by Gasteiger charge is -2.26. The van der Waals surface area contributed by atoms with Crippen molar-refractivity contribution in [2.24, 2.45) is 0 Å². The molecule has 0 aromatic carbocycles. The fourth-order valence-electron chi connectivity index (χ4n) is 10.6. The lowest BCUT2D eigenvalue weighted by Crippen LogP contribution is -2.44. The van der Waals surface area contributed by atoms with Gasteiger partial charge in [0.25, 0.3) is 0 Å². The number of carboxylic acids is 1. The SMILES string of the molecule is CC/C=C\C/C=C\C/C=C\C/C=C\C/C=C\C/C=C\C/C=C\C/C=C\C/C=C\CCCCCCCCCCCC(=O)OC(COC(=O)CCCCCCCCCCCCCCCCCCCCC/C=C\C/C=C\CCCCCCC)COC(OCC[N+](C)(C)C)C(=O)[O-]. The summed E-state index contributed by atoms with van der Waals surface area (Å²) in [5, 5.41) is 11.9. The van der Waals surface area contributed by atoms with Crippen LogP contribution in [0.1, 0.15) is 322 Å². The van der Waals surface area contributed by atoms with Crippen LogP contribution in [0.2, 0.25) is 0 Å². The number of ether oxygens (including phenoxy) is 4. The van der Waals surface area contributed by atoms with Crippen LogP contribution in [0.5, 0.6) is 0 Å². The molecule has 532 valence electrons. The molecule has 0 saturated carbocycles. The number of allylic oxidation sites excluding steroid dienone is 22. The van der Waals surface area contributed by atoms with Crippen LogP contribution in [-0.2, 0) is 33.3 Å². The molecule has 93 heavy (non-hydrogen) atoms. The molecule has 2 unspecified atom stereocenters. The monoisotopic (exact) mass is 1290 g/mol. The number of hydrogen-bond acceptors (Lipinski definition) is 8. The summed E-state index contributed by atoms with van der Waals surface area (Å²) in [7, 11) is 5.93. The van der Waals surface area contributed by atoms with E-state index in [2.05, 4.69) is 148 Å². The topological polar surface area (TPSA) is 111 Å². The predicted octanol–water partition coefficient (Wildman–Crippen LogP) is 23.1. The Morgan fingerprint density at radius 2 is 0.613 bits per heavy atom. The Morgan fingerprint density at radius 3 is 0.914 bits per heavy atom. The number of unbranched alkanes of at least 4 members (excludes halogenated alkanes) is 33. The maximum absolute atomic E-state index is 13.0. The minimum absolute atomic E-state index is 0.142. The summed E-state index contributed by atoms with van der Waals surface area (Å²) in [5.74, 6) is -2.29. The van der Waals surface area contributed by atoms with Crippen LogP contribution < -0.4 is 5.11 Å². The second-order valence-electron chi connectivity index (χ2n) is 26.6. The molecule has 0 rings (SSSR count). The summed E-state index contributed by atoms with van der Waals surface area (Å²) in [6.45, 7) is 4.64. The van der Waals surface area contributed by atoms with Gasteiger partial charge in [-0.3, -0.25) is 9.59 Å². The van der Waals surface area contributed by atoms with E-state index in [0.29, 0.717) is 17.4 Å². The molecular formula is C84H143NO8. The molecule has 0 aliphatic heterocycles. The van der Waals surface area contributed by atoms with E-state index in [1.807, 2.05) is 21.1 Å². The quantitative estimate of drug-likeness (QED) is 0.0195. The molecule has 0 saturated heterocycles. The first-order valence-corrected chi connectivity index (χ1v) is 38.3. The van der Waals surface area contributed by atoms with Gasteiger partial charge in [-0.05, 0) is 116 Å². The molecule has 0 heterocycles. The number of carbonyl (C=O) groups excluding carboxylic acids is 3. The van der Waals surface area contributed by atoms with E-state index in [-0.39, 0.29) is 38.6 Å². The number of carbonyl (C=O) groups is 3. The van der Waals surface area contributed by atoms with Crippen LogP contribution in [0.3, 0.4) is 0 Å². The van der Waals surface area contributed by atoms with Gasteiger partial charge in [-0.2, -0.15) is 0 Å². The van der Waals surface area contributed by atoms with Crippen molar-refractivity contribution < 1.29 is 42.9 Å². The summed E-state index contributed by atoms with van der Waals surface area (Å²) in [4.78, 5) is 37.6. The van der Waals surface area contributed by atoms with Crippen LogP contribution in [0, 0.1) is 0 Å². The molecule has 0 aliphatic carbocycles. The van der Waals surface area contributed by atoms with Crippen molar-refractivity contribution in [1.29, 1.82) is 0 Å². The van der Waals surface area contributed by atoms with Gasteiger partial charge in [0, 0.05) is 12.8 Å². The van der Waals surface area contributed by atoms with Gasteiger partial charge in [0.05, 0.1) is 40.3 Å². The van der Waals surface area contributed by atoms with Crippen molar-refractivity contribution in [3.05, 3.63) is 134 Å². The smallest absolute Gasteiger partial charge is 0.306 e. The highest BCUT2D eigenvalue weighted by molar-refractivity contribution is 5.70. The largest absolute Gasteiger partial charge is 0.545 e. The average molecular weight is 1300 g/mol. The molecule has 0 bridgehead atoms. The van der Waals surface area contributed by atoms with Crippen molar-refractivity contribution in [2.45, 2.75) is 334 Å². The molecule has 0 aromatic rings. The van der Waals surface area contributed by atoms with Crippen molar-refractivity contribution >= 4 is 17.9 Å². The average Bonchev–Trinajstić information content (AvgIpc) is 3.73. The van der Waals surface area contributed by atoms with E-state index in [9.17, 15) is 19.5 Å². The minimum Gasteiger partial charge on any atom is -0.545 e. The first kappa shape index (κ1) is 88.4. The number of rotatable bonds is 70. The van der Waals surface area contributed by atoms with Gasteiger partial charge in [0.15, 0.2) is 12.4 Å². The molecule has 0 spiro atoms. The van der Waals surface area contributed by atoms with Gasteiger partial charge in [0.1, 0.15) is 13.2 Å². The first-order chi connectivity index (χ1) is 45.6. The van der Waals surface area contributed by atoms with E-state index in [0.717, 1.165) is 109 Å². The Labute approximate surface area is 573 Å². The molecule has 9 heteroatoms. The molecule has 9 nitrogen and oxygen atoms in total. The molecule has 0 amide bonds. The normalized spacial score (nSPS) is 13.4. The van der Waals surface area contributed by atoms with Crippen LogP contribution >= 0.6 is 0 Å². The van der Waals surface area contributed by atoms with Crippen molar-refractivity contribution in [2.75, 3.05) is 47.5 Å². The van der Waals surface area contributed by atoms with Crippen LogP contribution in [-0.4, -0.2) is 82.3 Å². The second kappa shape index (κ2) is 73.2. The number of esters is 2. The first-order valence-electron chi connectivity index (χ1n) is 38.3. The molecule has 0 aliphatic rings. The molecule has 2 atom stereocenters. The Morgan fingerprint density at radius 1 is 0.333 bits per heavy atom. The molecule has 0 fully saturated rings. The van der Waals surface area contributed by atoms with Crippen molar-refractivity contribution in [1.82, 2.24) is 0 Å². The van der Waals surface area contributed by atoms with Gasteiger partial charge in [0.2, 0.25) is 0 Å². The number of likely N-dealkylation sites (N-methyl/N-ethyl adjacent to an activating group) is 1. The van der Waals surface area contributed by atoms with E-state index < -0.39 is 24.3 Å². The third-order valence-electron chi connectivity index (χ3n) is 16.4. The van der Waals surface area contributed by atoms with E-state index in [1.54, 1.807) is 0 Å².